The van der Waals surface area contributed by atoms with Gasteiger partial charge in [0.1, 0.15) is 13.2 Å². The van der Waals surface area contributed by atoms with Crippen molar-refractivity contribution in [3.8, 4) is 0 Å². The monoisotopic (exact) mass is 1100 g/mol. The van der Waals surface area contributed by atoms with Crippen LogP contribution in [0.3, 0.4) is 0 Å². The Balaban J connectivity index is 4.42. The third-order valence-corrected chi connectivity index (χ3v) is 14.2. The Kier molecular flexibility index (Phi) is 63.3. The highest BCUT2D eigenvalue weighted by Gasteiger charge is 2.19. The molecule has 0 aromatic rings. The number of allylic oxidation sites excluding steroid dienone is 18. The van der Waals surface area contributed by atoms with Gasteiger partial charge in [-0.1, -0.05) is 278 Å². The predicted molar refractivity (Wildman–Crippen MR) is 343 cm³/mol. The molecule has 0 aliphatic heterocycles. The van der Waals surface area contributed by atoms with Crippen LogP contribution in [-0.2, 0) is 28.6 Å². The maximum Gasteiger partial charge on any atom is 0.306 e. The minimum absolute atomic E-state index is 0.0898. The molecule has 0 fully saturated rings. The molecule has 6 nitrogen and oxygen atoms in total. The summed E-state index contributed by atoms with van der Waals surface area (Å²) in [5.74, 6) is -0.909. The van der Waals surface area contributed by atoms with Crippen molar-refractivity contribution in [2.24, 2.45) is 0 Å². The van der Waals surface area contributed by atoms with E-state index >= 15 is 0 Å². The van der Waals surface area contributed by atoms with E-state index in [1.54, 1.807) is 0 Å². The van der Waals surface area contributed by atoms with E-state index in [1.165, 1.54) is 154 Å². The van der Waals surface area contributed by atoms with Crippen LogP contribution in [0.15, 0.2) is 109 Å². The smallest absolute Gasteiger partial charge is 0.306 e. The van der Waals surface area contributed by atoms with E-state index in [2.05, 4.69) is 130 Å². The van der Waals surface area contributed by atoms with Crippen LogP contribution in [0.2, 0.25) is 0 Å². The summed E-state index contributed by atoms with van der Waals surface area (Å²) >= 11 is 0. The van der Waals surface area contributed by atoms with E-state index in [0.29, 0.717) is 19.3 Å². The lowest BCUT2D eigenvalue weighted by molar-refractivity contribution is -0.167. The Bertz CT molecular complexity index is 1590. The first-order chi connectivity index (χ1) is 39.0. The lowest BCUT2D eigenvalue weighted by Crippen LogP contribution is -2.30. The number of esters is 3. The molecule has 0 radical (unpaired) electrons. The normalized spacial score (nSPS) is 12.8. The average molecular weight is 1100 g/mol. The van der Waals surface area contributed by atoms with E-state index < -0.39 is 6.10 Å². The minimum Gasteiger partial charge on any atom is -0.462 e. The highest BCUT2D eigenvalue weighted by Crippen LogP contribution is 2.16. The molecule has 79 heavy (non-hydrogen) atoms. The van der Waals surface area contributed by atoms with E-state index in [4.69, 9.17) is 14.2 Å². The van der Waals surface area contributed by atoms with Gasteiger partial charge in [0, 0.05) is 19.3 Å². The van der Waals surface area contributed by atoms with Gasteiger partial charge >= 0.3 is 17.9 Å². The fourth-order valence-corrected chi connectivity index (χ4v) is 9.24. The molecule has 1 atom stereocenters. The average Bonchev–Trinajstić information content (AvgIpc) is 3.45. The van der Waals surface area contributed by atoms with Crippen LogP contribution >= 0.6 is 0 Å². The second-order valence-electron chi connectivity index (χ2n) is 22.0. The largest absolute Gasteiger partial charge is 0.462 e. The molecule has 0 heterocycles. The van der Waals surface area contributed by atoms with Crippen LogP contribution in [0.25, 0.3) is 0 Å². The van der Waals surface area contributed by atoms with Gasteiger partial charge in [-0.2, -0.15) is 0 Å². The first kappa shape index (κ1) is 75.1. The lowest BCUT2D eigenvalue weighted by atomic mass is 10.0. The fourth-order valence-electron chi connectivity index (χ4n) is 9.24. The summed E-state index contributed by atoms with van der Waals surface area (Å²) in [4.78, 5) is 38.4. The maximum absolute atomic E-state index is 12.9. The molecule has 0 amide bonds. The molecule has 0 aromatic heterocycles. The minimum atomic E-state index is -0.796. The molecule has 0 aliphatic carbocycles. The predicted octanol–water partition coefficient (Wildman–Crippen LogP) is 23.0. The standard InChI is InChI=1S/C73H124O6/c1-4-7-10-13-16-19-22-25-28-31-34-35-36-37-40-42-45-48-51-54-57-60-63-66-72(75)78-69-70(79-73(76)67-64-61-58-55-52-49-46-43-39-33-30-27-24-21-18-15-12-9-6-3)68-77-71(74)65-62-59-56-53-50-47-44-41-38-32-29-26-23-20-17-14-11-8-5-2/h9,12,17-18,20-22,25-27,29-31,34,38-39,41,43,70H,4-8,10-11,13-16,19,23-24,28,32-33,35-37,40,42,44-69H2,1-3H3/b12-9-,20-17-,21-18-,25-22-,29-26-,30-27-,34-31-,41-38-,43-39-. The molecule has 0 saturated heterocycles. The second kappa shape index (κ2) is 66.6. The van der Waals surface area contributed by atoms with Gasteiger partial charge in [0.05, 0.1) is 0 Å². The van der Waals surface area contributed by atoms with Crippen molar-refractivity contribution in [2.45, 2.75) is 322 Å². The summed E-state index contributed by atoms with van der Waals surface area (Å²) in [7, 11) is 0. The molecule has 0 rings (SSSR count). The zero-order valence-corrected chi connectivity index (χ0v) is 51.9. The molecule has 0 aliphatic rings. The van der Waals surface area contributed by atoms with Gasteiger partial charge in [0.2, 0.25) is 0 Å². The van der Waals surface area contributed by atoms with Crippen LogP contribution in [0.5, 0.6) is 0 Å². The lowest BCUT2D eigenvalue weighted by Gasteiger charge is -2.18. The van der Waals surface area contributed by atoms with Gasteiger partial charge in [-0.25, -0.2) is 0 Å². The van der Waals surface area contributed by atoms with Crippen LogP contribution < -0.4 is 0 Å². The van der Waals surface area contributed by atoms with Crippen molar-refractivity contribution in [1.82, 2.24) is 0 Å². The molecular formula is C73H124O6. The Morgan fingerprint density at radius 3 is 0.797 bits per heavy atom. The number of hydrogen-bond acceptors (Lipinski definition) is 6. The maximum atomic E-state index is 12.9. The molecule has 452 valence electrons. The van der Waals surface area contributed by atoms with Crippen molar-refractivity contribution in [1.29, 1.82) is 0 Å². The molecule has 0 spiro atoms. The van der Waals surface area contributed by atoms with E-state index in [-0.39, 0.29) is 31.1 Å². The third kappa shape index (κ3) is 64.8. The van der Waals surface area contributed by atoms with Gasteiger partial charge in [0.25, 0.3) is 0 Å². The number of hydrogen-bond donors (Lipinski definition) is 0. The highest BCUT2D eigenvalue weighted by molar-refractivity contribution is 5.71. The number of unbranched alkanes of at least 4 members (excludes halogenated alkanes) is 31. The second-order valence-corrected chi connectivity index (χ2v) is 22.0. The summed E-state index contributed by atoms with van der Waals surface area (Å²) < 4.78 is 17.0. The van der Waals surface area contributed by atoms with Crippen molar-refractivity contribution in [3.63, 3.8) is 0 Å². The molecule has 6 heteroatoms. The Morgan fingerprint density at radius 1 is 0.266 bits per heavy atom. The van der Waals surface area contributed by atoms with E-state index in [9.17, 15) is 14.4 Å². The summed E-state index contributed by atoms with van der Waals surface area (Å²) in [5, 5.41) is 0. The summed E-state index contributed by atoms with van der Waals surface area (Å²) in [6.07, 6.45) is 90.9. The Labute approximate surface area is 489 Å². The van der Waals surface area contributed by atoms with E-state index in [0.717, 1.165) is 122 Å². The highest BCUT2D eigenvalue weighted by atomic mass is 16.6. The van der Waals surface area contributed by atoms with Crippen molar-refractivity contribution >= 4 is 17.9 Å². The van der Waals surface area contributed by atoms with Crippen LogP contribution in [0, 0.1) is 0 Å². The number of carbonyl (C=O) groups is 3. The number of carbonyl (C=O) groups excluding carboxylic acids is 3. The summed E-state index contributed by atoms with van der Waals surface area (Å²) in [6, 6.07) is 0. The van der Waals surface area contributed by atoms with Crippen LogP contribution in [0.4, 0.5) is 0 Å². The van der Waals surface area contributed by atoms with Gasteiger partial charge in [-0.15, -0.1) is 0 Å². The number of rotatable bonds is 60. The topological polar surface area (TPSA) is 78.9 Å². The van der Waals surface area contributed by atoms with Gasteiger partial charge in [0.15, 0.2) is 6.10 Å². The summed E-state index contributed by atoms with van der Waals surface area (Å²) in [5.41, 5.74) is 0. The fraction of sp³-hybridized carbons (Fsp3) is 0.712. The Morgan fingerprint density at radius 2 is 0.494 bits per heavy atom. The van der Waals surface area contributed by atoms with Crippen molar-refractivity contribution in [3.05, 3.63) is 109 Å². The first-order valence-electron chi connectivity index (χ1n) is 33.4. The number of ether oxygens (including phenoxy) is 3. The van der Waals surface area contributed by atoms with Crippen LogP contribution in [0.1, 0.15) is 316 Å². The van der Waals surface area contributed by atoms with Gasteiger partial charge < -0.3 is 14.2 Å². The third-order valence-electron chi connectivity index (χ3n) is 14.2. The van der Waals surface area contributed by atoms with Crippen molar-refractivity contribution < 1.29 is 28.6 Å². The summed E-state index contributed by atoms with van der Waals surface area (Å²) in [6.45, 7) is 6.49. The van der Waals surface area contributed by atoms with Gasteiger partial charge in [-0.05, 0) is 128 Å². The molecule has 0 saturated carbocycles. The van der Waals surface area contributed by atoms with Gasteiger partial charge in [-0.3, -0.25) is 14.4 Å². The zero-order valence-electron chi connectivity index (χ0n) is 51.9. The zero-order chi connectivity index (χ0) is 57.1. The Hall–Kier alpha value is -3.93. The first-order valence-corrected chi connectivity index (χ1v) is 33.4. The van der Waals surface area contributed by atoms with Crippen LogP contribution in [-0.4, -0.2) is 37.2 Å². The van der Waals surface area contributed by atoms with E-state index in [1.807, 2.05) is 0 Å². The molecular weight excluding hydrogens is 973 g/mol. The molecule has 1 unspecified atom stereocenters. The quantitative estimate of drug-likeness (QED) is 0.0261. The molecule has 0 aromatic carbocycles. The SMILES string of the molecule is CC/C=C\C/C=C\C/C=C\C/C=C\CCCCCCCCC(=O)OC(COC(=O)CCCCCCCC/C=C\C/C=C\C/C=C\CCCCC)COC(=O)CCCCCCCCCCCCC/C=C\C/C=C\CCCCCCC. The molecule has 0 N–H and O–H groups in total. The molecule has 0 bridgehead atoms. The van der Waals surface area contributed by atoms with Crippen molar-refractivity contribution in [2.75, 3.05) is 13.2 Å².